The summed E-state index contributed by atoms with van der Waals surface area (Å²) < 4.78 is 16.6. The van der Waals surface area contributed by atoms with Crippen LogP contribution in [0.2, 0.25) is 0 Å². The largest absolute Gasteiger partial charge is 0.497 e. The first-order valence-corrected chi connectivity index (χ1v) is 8.49. The van der Waals surface area contributed by atoms with E-state index in [2.05, 4.69) is 22.0 Å². The molecule has 0 aliphatic carbocycles. The van der Waals surface area contributed by atoms with E-state index in [1.165, 1.54) is 5.56 Å². The minimum Gasteiger partial charge on any atom is -0.497 e. The standard InChI is InChI=1S/C20H23N3O3/c1-15-4-8-18(9-5-15)25-13-12-23(2)14-19-21-22-20(26-19)16-6-10-17(24-3)11-7-16/h4-11H,12-14H2,1-3H3. The van der Waals surface area contributed by atoms with E-state index < -0.39 is 0 Å². The van der Waals surface area contributed by atoms with Crippen molar-refractivity contribution in [3.8, 4) is 23.0 Å². The van der Waals surface area contributed by atoms with Crippen LogP contribution in [-0.2, 0) is 6.54 Å². The first-order chi connectivity index (χ1) is 12.6. The van der Waals surface area contributed by atoms with Crippen LogP contribution in [0, 0.1) is 6.92 Å². The molecule has 6 nitrogen and oxygen atoms in total. The number of rotatable bonds is 8. The van der Waals surface area contributed by atoms with Crippen molar-refractivity contribution in [1.29, 1.82) is 0 Å². The zero-order valence-corrected chi connectivity index (χ0v) is 15.3. The average Bonchev–Trinajstić information content (AvgIpc) is 3.12. The number of benzene rings is 2. The van der Waals surface area contributed by atoms with Gasteiger partial charge in [0.15, 0.2) is 0 Å². The van der Waals surface area contributed by atoms with Crippen LogP contribution in [0.4, 0.5) is 0 Å². The third kappa shape index (κ3) is 4.83. The molecule has 2 aromatic carbocycles. The monoisotopic (exact) mass is 353 g/mol. The summed E-state index contributed by atoms with van der Waals surface area (Å²) in [6.45, 7) is 3.98. The molecule has 0 fully saturated rings. The Labute approximate surface area is 153 Å². The molecule has 0 amide bonds. The van der Waals surface area contributed by atoms with Crippen molar-refractivity contribution < 1.29 is 13.9 Å². The Bertz CT molecular complexity index is 813. The highest BCUT2D eigenvalue weighted by molar-refractivity contribution is 5.53. The molecule has 0 aliphatic heterocycles. The molecule has 1 heterocycles. The third-order valence-corrected chi connectivity index (χ3v) is 3.97. The SMILES string of the molecule is COc1ccc(-c2nnc(CN(C)CCOc3ccc(C)cc3)o2)cc1. The molecule has 0 saturated carbocycles. The van der Waals surface area contributed by atoms with Gasteiger partial charge in [0.25, 0.3) is 0 Å². The van der Waals surface area contributed by atoms with Crippen molar-refractivity contribution in [1.82, 2.24) is 15.1 Å². The third-order valence-electron chi connectivity index (χ3n) is 3.97. The summed E-state index contributed by atoms with van der Waals surface area (Å²) in [5.74, 6) is 2.76. The fourth-order valence-corrected chi connectivity index (χ4v) is 2.43. The topological polar surface area (TPSA) is 60.6 Å². The van der Waals surface area contributed by atoms with E-state index in [4.69, 9.17) is 13.9 Å². The molecule has 3 aromatic rings. The van der Waals surface area contributed by atoms with Gasteiger partial charge in [0.2, 0.25) is 11.8 Å². The maximum atomic E-state index is 5.75. The number of ether oxygens (including phenoxy) is 2. The van der Waals surface area contributed by atoms with Crippen LogP contribution >= 0.6 is 0 Å². The molecule has 3 rings (SSSR count). The summed E-state index contributed by atoms with van der Waals surface area (Å²) in [6.07, 6.45) is 0. The van der Waals surface area contributed by atoms with E-state index in [0.29, 0.717) is 24.9 Å². The van der Waals surface area contributed by atoms with Crippen LogP contribution < -0.4 is 9.47 Å². The van der Waals surface area contributed by atoms with Gasteiger partial charge >= 0.3 is 0 Å². The number of methoxy groups -OCH3 is 1. The minimum absolute atomic E-state index is 0.506. The maximum Gasteiger partial charge on any atom is 0.247 e. The molecule has 0 bridgehead atoms. The van der Waals surface area contributed by atoms with E-state index >= 15 is 0 Å². The van der Waals surface area contributed by atoms with Gasteiger partial charge in [-0.2, -0.15) is 0 Å². The highest BCUT2D eigenvalue weighted by Crippen LogP contribution is 2.21. The highest BCUT2D eigenvalue weighted by Gasteiger charge is 2.11. The predicted molar refractivity (Wildman–Crippen MR) is 99.3 cm³/mol. The Kier molecular flexibility index (Phi) is 5.86. The molecule has 136 valence electrons. The van der Waals surface area contributed by atoms with E-state index in [-0.39, 0.29) is 0 Å². The molecule has 0 unspecified atom stereocenters. The van der Waals surface area contributed by atoms with Gasteiger partial charge < -0.3 is 13.9 Å². The average molecular weight is 353 g/mol. The van der Waals surface area contributed by atoms with Crippen LogP contribution in [0.15, 0.2) is 52.9 Å². The van der Waals surface area contributed by atoms with Gasteiger partial charge in [-0.3, -0.25) is 4.90 Å². The Hall–Kier alpha value is -2.86. The number of likely N-dealkylation sites (N-methyl/N-ethyl adjacent to an activating group) is 1. The molecule has 0 atom stereocenters. The van der Waals surface area contributed by atoms with Crippen LogP contribution in [0.1, 0.15) is 11.5 Å². The Morgan fingerprint density at radius 1 is 0.962 bits per heavy atom. The lowest BCUT2D eigenvalue weighted by Crippen LogP contribution is -2.24. The molecular weight excluding hydrogens is 330 g/mol. The number of nitrogens with zero attached hydrogens (tertiary/aromatic N) is 3. The van der Waals surface area contributed by atoms with Gasteiger partial charge in [-0.15, -0.1) is 10.2 Å². The van der Waals surface area contributed by atoms with Crippen molar-refractivity contribution in [2.24, 2.45) is 0 Å². The summed E-state index contributed by atoms with van der Waals surface area (Å²) in [7, 11) is 3.63. The van der Waals surface area contributed by atoms with Crippen molar-refractivity contribution in [2.45, 2.75) is 13.5 Å². The zero-order chi connectivity index (χ0) is 18.4. The minimum atomic E-state index is 0.506. The lowest BCUT2D eigenvalue weighted by molar-refractivity contribution is 0.220. The summed E-state index contributed by atoms with van der Waals surface area (Å²) in [4.78, 5) is 2.08. The number of aryl methyl sites for hydroxylation is 1. The lowest BCUT2D eigenvalue weighted by atomic mass is 10.2. The molecule has 6 heteroatoms. The Morgan fingerprint density at radius 2 is 1.65 bits per heavy atom. The Balaban J connectivity index is 1.49. The molecule has 0 radical (unpaired) electrons. The van der Waals surface area contributed by atoms with Crippen LogP contribution in [0.25, 0.3) is 11.5 Å². The van der Waals surface area contributed by atoms with Gasteiger partial charge in [-0.1, -0.05) is 17.7 Å². The summed E-state index contributed by atoms with van der Waals surface area (Å²) in [6, 6.07) is 15.6. The quantitative estimate of drug-likeness (QED) is 0.617. The fraction of sp³-hybridized carbons (Fsp3) is 0.300. The summed E-state index contributed by atoms with van der Waals surface area (Å²) >= 11 is 0. The first-order valence-electron chi connectivity index (χ1n) is 8.49. The molecular formula is C20H23N3O3. The summed E-state index contributed by atoms with van der Waals surface area (Å²) in [5, 5.41) is 8.24. The number of hydrogen-bond donors (Lipinski definition) is 0. The fourth-order valence-electron chi connectivity index (χ4n) is 2.43. The Morgan fingerprint density at radius 3 is 2.35 bits per heavy atom. The normalized spacial score (nSPS) is 10.9. The molecule has 0 saturated heterocycles. The molecule has 0 N–H and O–H groups in total. The lowest BCUT2D eigenvalue weighted by Gasteiger charge is -2.14. The van der Waals surface area contributed by atoms with Gasteiger partial charge in [0.05, 0.1) is 13.7 Å². The van der Waals surface area contributed by atoms with Crippen molar-refractivity contribution in [3.05, 3.63) is 60.0 Å². The van der Waals surface area contributed by atoms with E-state index in [9.17, 15) is 0 Å². The van der Waals surface area contributed by atoms with Crippen LogP contribution in [-0.4, -0.2) is 42.4 Å². The number of aromatic nitrogens is 2. The van der Waals surface area contributed by atoms with E-state index in [1.807, 2.05) is 55.6 Å². The van der Waals surface area contributed by atoms with Gasteiger partial charge in [-0.25, -0.2) is 0 Å². The second kappa shape index (κ2) is 8.49. The number of hydrogen-bond acceptors (Lipinski definition) is 6. The second-order valence-corrected chi connectivity index (χ2v) is 6.13. The van der Waals surface area contributed by atoms with Gasteiger partial charge in [-0.05, 0) is 50.4 Å². The van der Waals surface area contributed by atoms with Crippen LogP contribution in [0.5, 0.6) is 11.5 Å². The van der Waals surface area contributed by atoms with E-state index in [0.717, 1.165) is 23.6 Å². The molecule has 0 spiro atoms. The smallest absolute Gasteiger partial charge is 0.247 e. The van der Waals surface area contributed by atoms with Gasteiger partial charge in [0, 0.05) is 12.1 Å². The van der Waals surface area contributed by atoms with Crippen molar-refractivity contribution >= 4 is 0 Å². The summed E-state index contributed by atoms with van der Waals surface area (Å²) in [5.41, 5.74) is 2.09. The van der Waals surface area contributed by atoms with Crippen LogP contribution in [0.3, 0.4) is 0 Å². The molecule has 0 aliphatic rings. The maximum absolute atomic E-state index is 5.75. The second-order valence-electron chi connectivity index (χ2n) is 6.13. The highest BCUT2D eigenvalue weighted by atomic mass is 16.5. The first kappa shape index (κ1) is 17.9. The predicted octanol–water partition coefficient (Wildman–Crippen LogP) is 3.56. The van der Waals surface area contributed by atoms with Crippen molar-refractivity contribution in [3.63, 3.8) is 0 Å². The van der Waals surface area contributed by atoms with E-state index in [1.54, 1.807) is 7.11 Å². The molecule has 1 aromatic heterocycles. The van der Waals surface area contributed by atoms with Crippen molar-refractivity contribution in [2.75, 3.05) is 27.3 Å². The van der Waals surface area contributed by atoms with Gasteiger partial charge in [0.1, 0.15) is 18.1 Å². The zero-order valence-electron chi connectivity index (χ0n) is 15.3. The molecule has 26 heavy (non-hydrogen) atoms.